The summed E-state index contributed by atoms with van der Waals surface area (Å²) in [7, 11) is 0. The molecule has 0 N–H and O–H groups in total. The molecule has 2 aromatic rings. The number of piperazine rings is 1. The van der Waals surface area contributed by atoms with Crippen LogP contribution in [0.3, 0.4) is 0 Å². The van der Waals surface area contributed by atoms with E-state index in [9.17, 15) is 13.6 Å². The third-order valence-electron chi connectivity index (χ3n) is 3.97. The molecule has 6 heteroatoms. The van der Waals surface area contributed by atoms with E-state index < -0.39 is 0 Å². The number of halogens is 3. The third-order valence-corrected chi connectivity index (χ3v) is 4.21. The molecule has 25 heavy (non-hydrogen) atoms. The number of nitrogens with zero attached hydrogens (tertiary/aromatic N) is 2. The van der Waals surface area contributed by atoms with E-state index in [1.54, 1.807) is 11.0 Å². The molecule has 0 atom stereocenters. The predicted molar refractivity (Wildman–Crippen MR) is 93.5 cm³/mol. The van der Waals surface area contributed by atoms with Crippen molar-refractivity contribution in [1.29, 1.82) is 0 Å². The van der Waals surface area contributed by atoms with Crippen LogP contribution < -0.4 is 4.90 Å². The van der Waals surface area contributed by atoms with Gasteiger partial charge >= 0.3 is 0 Å². The average Bonchev–Trinajstić information content (AvgIpc) is 2.63. The second-order valence-corrected chi connectivity index (χ2v) is 6.07. The SMILES string of the molecule is O=C(C#Cc1ccc(F)cc1)N1CCN(c2cc(Cl)ccc2F)CC1. The number of carbonyl (C=O) groups excluding carboxylic acids is 1. The van der Waals surface area contributed by atoms with Crippen molar-refractivity contribution in [2.24, 2.45) is 0 Å². The quantitative estimate of drug-likeness (QED) is 0.728. The maximum absolute atomic E-state index is 13.9. The Morgan fingerprint density at radius 1 is 1.00 bits per heavy atom. The van der Waals surface area contributed by atoms with E-state index in [0.717, 1.165) is 0 Å². The fraction of sp³-hybridized carbons (Fsp3) is 0.211. The van der Waals surface area contributed by atoms with Gasteiger partial charge in [0, 0.05) is 42.7 Å². The fourth-order valence-electron chi connectivity index (χ4n) is 2.62. The molecular formula is C19H15ClF2N2O. The van der Waals surface area contributed by atoms with Crippen LogP contribution in [0.2, 0.25) is 5.02 Å². The maximum Gasteiger partial charge on any atom is 0.298 e. The Bertz CT molecular complexity index is 835. The van der Waals surface area contributed by atoms with Gasteiger partial charge in [0.2, 0.25) is 0 Å². The number of hydrogen-bond donors (Lipinski definition) is 0. The standard InChI is InChI=1S/C19H15ClF2N2O/c20-15-4-7-17(22)18(13-15)23-9-11-24(12-10-23)19(25)8-3-14-1-5-16(21)6-2-14/h1-2,4-7,13H,9-12H2. The second kappa shape index (κ2) is 7.54. The van der Waals surface area contributed by atoms with Crippen molar-refractivity contribution in [3.05, 3.63) is 64.7 Å². The van der Waals surface area contributed by atoms with Crippen molar-refractivity contribution in [2.75, 3.05) is 31.1 Å². The fourth-order valence-corrected chi connectivity index (χ4v) is 2.78. The van der Waals surface area contributed by atoms with Crippen LogP contribution in [0.4, 0.5) is 14.5 Å². The van der Waals surface area contributed by atoms with Crippen molar-refractivity contribution in [3.8, 4) is 11.8 Å². The van der Waals surface area contributed by atoms with Crippen LogP contribution in [-0.4, -0.2) is 37.0 Å². The lowest BCUT2D eigenvalue weighted by Crippen LogP contribution is -2.48. The molecule has 2 aromatic carbocycles. The highest BCUT2D eigenvalue weighted by Gasteiger charge is 2.22. The highest BCUT2D eigenvalue weighted by atomic mass is 35.5. The lowest BCUT2D eigenvalue weighted by atomic mass is 10.2. The monoisotopic (exact) mass is 360 g/mol. The van der Waals surface area contributed by atoms with Crippen molar-refractivity contribution >= 4 is 23.2 Å². The van der Waals surface area contributed by atoms with Crippen LogP contribution in [0, 0.1) is 23.5 Å². The Balaban J connectivity index is 1.61. The minimum absolute atomic E-state index is 0.296. The van der Waals surface area contributed by atoms with Gasteiger partial charge in [-0.2, -0.15) is 0 Å². The molecule has 128 valence electrons. The molecule has 0 spiro atoms. The molecule has 1 saturated heterocycles. The number of amides is 1. The predicted octanol–water partition coefficient (Wildman–Crippen LogP) is 3.32. The van der Waals surface area contributed by atoms with E-state index in [2.05, 4.69) is 11.8 Å². The van der Waals surface area contributed by atoms with Crippen LogP contribution in [0.5, 0.6) is 0 Å². The number of rotatable bonds is 1. The highest BCUT2D eigenvalue weighted by molar-refractivity contribution is 6.30. The minimum Gasteiger partial charge on any atom is -0.366 e. The Labute approximate surface area is 149 Å². The smallest absolute Gasteiger partial charge is 0.298 e. The Morgan fingerprint density at radius 2 is 1.68 bits per heavy atom. The molecule has 0 unspecified atom stereocenters. The van der Waals surface area contributed by atoms with Gasteiger partial charge in [-0.25, -0.2) is 8.78 Å². The maximum atomic E-state index is 13.9. The number of hydrogen-bond acceptors (Lipinski definition) is 2. The molecule has 0 aliphatic carbocycles. The van der Waals surface area contributed by atoms with Gasteiger partial charge in [0.15, 0.2) is 0 Å². The van der Waals surface area contributed by atoms with Crippen LogP contribution in [-0.2, 0) is 4.79 Å². The van der Waals surface area contributed by atoms with Gasteiger partial charge < -0.3 is 9.80 Å². The normalized spacial score (nSPS) is 14.0. The molecule has 0 saturated carbocycles. The van der Waals surface area contributed by atoms with Gasteiger partial charge in [0.25, 0.3) is 5.91 Å². The first-order valence-electron chi connectivity index (χ1n) is 7.79. The molecule has 1 fully saturated rings. The van der Waals surface area contributed by atoms with E-state index in [4.69, 9.17) is 11.6 Å². The molecule has 0 bridgehead atoms. The minimum atomic E-state index is -0.346. The average molecular weight is 361 g/mol. The Morgan fingerprint density at radius 3 is 2.36 bits per heavy atom. The summed E-state index contributed by atoms with van der Waals surface area (Å²) in [6.45, 7) is 1.90. The highest BCUT2D eigenvalue weighted by Crippen LogP contribution is 2.24. The Hall–Kier alpha value is -2.58. The van der Waals surface area contributed by atoms with Gasteiger partial charge in [-0.3, -0.25) is 4.79 Å². The van der Waals surface area contributed by atoms with Crippen molar-refractivity contribution in [2.45, 2.75) is 0 Å². The van der Waals surface area contributed by atoms with E-state index in [1.807, 2.05) is 4.90 Å². The lowest BCUT2D eigenvalue weighted by Gasteiger charge is -2.35. The first-order valence-corrected chi connectivity index (χ1v) is 8.17. The summed E-state index contributed by atoms with van der Waals surface area (Å²) >= 11 is 5.92. The summed E-state index contributed by atoms with van der Waals surface area (Å²) in [5.41, 5.74) is 1.02. The summed E-state index contributed by atoms with van der Waals surface area (Å²) in [6.07, 6.45) is 0. The van der Waals surface area contributed by atoms with E-state index in [1.165, 1.54) is 36.4 Å². The lowest BCUT2D eigenvalue weighted by molar-refractivity contribution is -0.125. The zero-order valence-electron chi connectivity index (χ0n) is 13.3. The summed E-state index contributed by atoms with van der Waals surface area (Å²) in [4.78, 5) is 15.6. The van der Waals surface area contributed by atoms with Gasteiger partial charge in [0.05, 0.1) is 5.69 Å². The molecule has 0 aromatic heterocycles. The van der Waals surface area contributed by atoms with Crippen molar-refractivity contribution in [1.82, 2.24) is 4.90 Å². The second-order valence-electron chi connectivity index (χ2n) is 5.63. The topological polar surface area (TPSA) is 23.6 Å². The van der Waals surface area contributed by atoms with Crippen LogP contribution in [0.1, 0.15) is 5.56 Å². The van der Waals surface area contributed by atoms with Gasteiger partial charge in [0.1, 0.15) is 11.6 Å². The third kappa shape index (κ3) is 4.28. The Kier molecular flexibility index (Phi) is 5.20. The zero-order chi connectivity index (χ0) is 17.8. The van der Waals surface area contributed by atoms with Crippen LogP contribution in [0.25, 0.3) is 0 Å². The molecule has 3 rings (SSSR count). The summed E-state index contributed by atoms with van der Waals surface area (Å²) in [6, 6.07) is 10.1. The number of anilines is 1. The molecule has 1 aliphatic rings. The van der Waals surface area contributed by atoms with Gasteiger partial charge in [-0.05, 0) is 42.5 Å². The largest absolute Gasteiger partial charge is 0.366 e. The molecule has 1 heterocycles. The molecular weight excluding hydrogens is 346 g/mol. The first-order chi connectivity index (χ1) is 12.0. The van der Waals surface area contributed by atoms with Crippen LogP contribution in [0.15, 0.2) is 42.5 Å². The molecule has 1 aliphatic heterocycles. The molecule has 0 radical (unpaired) electrons. The van der Waals surface area contributed by atoms with Crippen molar-refractivity contribution in [3.63, 3.8) is 0 Å². The van der Waals surface area contributed by atoms with Gasteiger partial charge in [-0.15, -0.1) is 0 Å². The zero-order valence-corrected chi connectivity index (χ0v) is 14.1. The summed E-state index contributed by atoms with van der Waals surface area (Å²) in [5.74, 6) is 4.32. The van der Waals surface area contributed by atoms with E-state index >= 15 is 0 Å². The number of benzene rings is 2. The summed E-state index contributed by atoms with van der Waals surface area (Å²) < 4.78 is 26.8. The molecule has 3 nitrogen and oxygen atoms in total. The summed E-state index contributed by atoms with van der Waals surface area (Å²) in [5, 5.41) is 0.472. The van der Waals surface area contributed by atoms with Crippen LogP contribution >= 0.6 is 11.6 Å². The first kappa shape index (κ1) is 17.2. The van der Waals surface area contributed by atoms with E-state index in [-0.39, 0.29) is 17.5 Å². The van der Waals surface area contributed by atoms with Gasteiger partial charge in [-0.1, -0.05) is 17.5 Å². The van der Waals surface area contributed by atoms with E-state index in [0.29, 0.717) is 42.5 Å². The van der Waals surface area contributed by atoms with Crippen molar-refractivity contribution < 1.29 is 13.6 Å². The molecule has 1 amide bonds. The number of carbonyl (C=O) groups is 1.